The van der Waals surface area contributed by atoms with E-state index in [-0.39, 0.29) is 0 Å². The smallest absolute Gasteiger partial charge is 0.0792 e. The summed E-state index contributed by atoms with van der Waals surface area (Å²) >= 11 is 12.9. The molecule has 3 aromatic carbocycles. The number of halogens is 2. The number of hydrogen-bond donors (Lipinski definition) is 0. The highest BCUT2D eigenvalue weighted by molar-refractivity contribution is 6.39. The van der Waals surface area contributed by atoms with Crippen LogP contribution in [-0.2, 0) is 6.54 Å². The van der Waals surface area contributed by atoms with Gasteiger partial charge in [-0.1, -0.05) is 77.8 Å². The molecule has 0 spiro atoms. The summed E-state index contributed by atoms with van der Waals surface area (Å²) < 4.78 is 0. The van der Waals surface area contributed by atoms with Crippen molar-refractivity contribution in [2.24, 2.45) is 0 Å². The molecule has 0 radical (unpaired) electrons. The van der Waals surface area contributed by atoms with E-state index >= 15 is 0 Å². The first-order chi connectivity index (χ1) is 11.2. The standard InChI is InChI=1S/C20H17Cl2N/c1-15-8-5-6-13-19(15)23(14-16-9-3-2-4-10-16)20-17(21)11-7-12-18(20)22/h2-13H,14H2,1H3. The molecule has 3 aromatic rings. The van der Waals surface area contributed by atoms with E-state index in [2.05, 4.69) is 36.1 Å². The van der Waals surface area contributed by atoms with Crippen LogP contribution in [0.15, 0.2) is 72.8 Å². The number of rotatable bonds is 4. The van der Waals surface area contributed by atoms with Gasteiger partial charge in [0.15, 0.2) is 0 Å². The zero-order chi connectivity index (χ0) is 16.2. The molecule has 0 saturated carbocycles. The molecule has 1 nitrogen and oxygen atoms in total. The molecule has 0 aliphatic rings. The molecule has 0 unspecified atom stereocenters. The van der Waals surface area contributed by atoms with Crippen molar-refractivity contribution in [2.75, 3.05) is 4.90 Å². The highest BCUT2D eigenvalue weighted by Crippen LogP contribution is 2.39. The van der Waals surface area contributed by atoms with E-state index in [0.717, 1.165) is 11.4 Å². The quantitative estimate of drug-likeness (QED) is 0.514. The number of anilines is 2. The van der Waals surface area contributed by atoms with Gasteiger partial charge in [0.25, 0.3) is 0 Å². The first-order valence-electron chi connectivity index (χ1n) is 7.48. The van der Waals surface area contributed by atoms with Crippen LogP contribution in [0.3, 0.4) is 0 Å². The van der Waals surface area contributed by atoms with E-state index in [0.29, 0.717) is 16.6 Å². The predicted octanol–water partition coefficient (Wildman–Crippen LogP) is 6.64. The van der Waals surface area contributed by atoms with E-state index in [1.54, 1.807) is 0 Å². The first kappa shape index (κ1) is 15.9. The summed E-state index contributed by atoms with van der Waals surface area (Å²) in [7, 11) is 0. The van der Waals surface area contributed by atoms with Crippen molar-refractivity contribution in [3.63, 3.8) is 0 Å². The molecule has 0 fully saturated rings. The Morgan fingerprint density at radius 3 is 2.00 bits per heavy atom. The molecule has 0 bridgehead atoms. The van der Waals surface area contributed by atoms with Crippen molar-refractivity contribution in [2.45, 2.75) is 13.5 Å². The summed E-state index contributed by atoms with van der Waals surface area (Å²) in [6.07, 6.45) is 0. The largest absolute Gasteiger partial charge is 0.334 e. The van der Waals surface area contributed by atoms with Crippen molar-refractivity contribution in [1.82, 2.24) is 0 Å². The maximum Gasteiger partial charge on any atom is 0.0792 e. The van der Waals surface area contributed by atoms with Gasteiger partial charge < -0.3 is 4.90 Å². The third-order valence-corrected chi connectivity index (χ3v) is 4.41. The number of benzene rings is 3. The predicted molar refractivity (Wildman–Crippen MR) is 99.9 cm³/mol. The lowest BCUT2D eigenvalue weighted by atomic mass is 10.1. The van der Waals surface area contributed by atoms with Crippen LogP contribution in [0.1, 0.15) is 11.1 Å². The Bertz CT molecular complexity index is 779. The fraction of sp³-hybridized carbons (Fsp3) is 0.100. The summed E-state index contributed by atoms with van der Waals surface area (Å²) in [6.45, 7) is 2.80. The summed E-state index contributed by atoms with van der Waals surface area (Å²) in [6, 6.07) is 24.2. The average molecular weight is 342 g/mol. The van der Waals surface area contributed by atoms with Gasteiger partial charge >= 0.3 is 0 Å². The molecule has 0 amide bonds. The Balaban J connectivity index is 2.12. The maximum absolute atomic E-state index is 6.47. The lowest BCUT2D eigenvalue weighted by Gasteiger charge is -2.28. The van der Waals surface area contributed by atoms with E-state index in [1.165, 1.54) is 11.1 Å². The van der Waals surface area contributed by atoms with Crippen LogP contribution in [0.4, 0.5) is 11.4 Å². The minimum atomic E-state index is 0.650. The third-order valence-electron chi connectivity index (χ3n) is 3.80. The van der Waals surface area contributed by atoms with Gasteiger partial charge in [0.2, 0.25) is 0 Å². The minimum absolute atomic E-state index is 0.650. The van der Waals surface area contributed by atoms with Crippen molar-refractivity contribution < 1.29 is 0 Å². The number of aryl methyl sites for hydroxylation is 1. The molecule has 3 rings (SSSR count). The van der Waals surface area contributed by atoms with E-state index in [4.69, 9.17) is 23.2 Å². The molecule has 0 saturated heterocycles. The second-order valence-electron chi connectivity index (χ2n) is 5.43. The van der Waals surface area contributed by atoms with E-state index < -0.39 is 0 Å². The second kappa shape index (κ2) is 7.08. The van der Waals surface area contributed by atoms with Gasteiger partial charge in [-0.05, 0) is 36.2 Å². The van der Waals surface area contributed by atoms with Gasteiger partial charge in [0.1, 0.15) is 0 Å². The first-order valence-corrected chi connectivity index (χ1v) is 8.23. The van der Waals surface area contributed by atoms with Gasteiger partial charge in [-0.2, -0.15) is 0 Å². The fourth-order valence-electron chi connectivity index (χ4n) is 2.66. The van der Waals surface area contributed by atoms with Gasteiger partial charge in [-0.15, -0.1) is 0 Å². The Labute approximate surface area is 147 Å². The number of hydrogen-bond acceptors (Lipinski definition) is 1. The van der Waals surface area contributed by atoms with Crippen molar-refractivity contribution in [1.29, 1.82) is 0 Å². The third kappa shape index (κ3) is 3.52. The Kier molecular flexibility index (Phi) is 4.90. The maximum atomic E-state index is 6.47. The molecule has 0 aliphatic heterocycles. The molecule has 0 atom stereocenters. The molecule has 0 aliphatic carbocycles. The molecular formula is C20H17Cl2N. The van der Waals surface area contributed by atoms with E-state index in [9.17, 15) is 0 Å². The highest BCUT2D eigenvalue weighted by Gasteiger charge is 2.18. The van der Waals surface area contributed by atoms with Gasteiger partial charge in [-0.25, -0.2) is 0 Å². The molecule has 116 valence electrons. The number of para-hydroxylation sites is 2. The van der Waals surface area contributed by atoms with Crippen LogP contribution >= 0.6 is 23.2 Å². The van der Waals surface area contributed by atoms with Crippen LogP contribution in [0.5, 0.6) is 0 Å². The zero-order valence-electron chi connectivity index (χ0n) is 12.8. The summed E-state index contributed by atoms with van der Waals surface area (Å²) in [4.78, 5) is 2.18. The molecule has 3 heteroatoms. The summed E-state index contributed by atoms with van der Waals surface area (Å²) in [5.41, 5.74) is 4.33. The average Bonchev–Trinajstić information content (AvgIpc) is 2.55. The van der Waals surface area contributed by atoms with Crippen LogP contribution in [0, 0.1) is 6.92 Å². The van der Waals surface area contributed by atoms with Gasteiger partial charge in [0.05, 0.1) is 15.7 Å². The zero-order valence-corrected chi connectivity index (χ0v) is 14.4. The van der Waals surface area contributed by atoms with Crippen molar-refractivity contribution in [3.8, 4) is 0 Å². The number of nitrogens with zero attached hydrogens (tertiary/aromatic N) is 1. The van der Waals surface area contributed by atoms with Crippen molar-refractivity contribution >= 4 is 34.6 Å². The lowest BCUT2D eigenvalue weighted by molar-refractivity contribution is 0.969. The SMILES string of the molecule is Cc1ccccc1N(Cc1ccccc1)c1c(Cl)cccc1Cl. The topological polar surface area (TPSA) is 3.24 Å². The van der Waals surface area contributed by atoms with Gasteiger partial charge in [0, 0.05) is 12.2 Å². The minimum Gasteiger partial charge on any atom is -0.334 e. The lowest BCUT2D eigenvalue weighted by Crippen LogP contribution is -2.18. The Hall–Kier alpha value is -1.96. The fourth-order valence-corrected chi connectivity index (χ4v) is 3.27. The normalized spacial score (nSPS) is 10.6. The Morgan fingerprint density at radius 1 is 0.739 bits per heavy atom. The summed E-state index contributed by atoms with van der Waals surface area (Å²) in [5.74, 6) is 0. The van der Waals surface area contributed by atoms with Crippen LogP contribution < -0.4 is 4.90 Å². The summed E-state index contributed by atoms with van der Waals surface area (Å²) in [5, 5.41) is 1.30. The van der Waals surface area contributed by atoms with Crippen molar-refractivity contribution in [3.05, 3.63) is 94.0 Å². The molecule has 0 aromatic heterocycles. The van der Waals surface area contributed by atoms with Gasteiger partial charge in [-0.3, -0.25) is 0 Å². The second-order valence-corrected chi connectivity index (χ2v) is 6.24. The highest BCUT2D eigenvalue weighted by atomic mass is 35.5. The molecule has 0 N–H and O–H groups in total. The Morgan fingerprint density at radius 2 is 1.35 bits per heavy atom. The molecule has 23 heavy (non-hydrogen) atoms. The van der Waals surface area contributed by atoms with Crippen LogP contribution in [-0.4, -0.2) is 0 Å². The van der Waals surface area contributed by atoms with E-state index in [1.807, 2.05) is 48.5 Å². The molecular weight excluding hydrogens is 325 g/mol. The van der Waals surface area contributed by atoms with Crippen LogP contribution in [0.2, 0.25) is 10.0 Å². The molecule has 0 heterocycles. The monoisotopic (exact) mass is 341 g/mol. The van der Waals surface area contributed by atoms with Crippen LogP contribution in [0.25, 0.3) is 0 Å².